The lowest BCUT2D eigenvalue weighted by atomic mass is 10.2. The van der Waals surface area contributed by atoms with Crippen molar-refractivity contribution < 1.29 is 13.9 Å². The molecule has 2 aromatic carbocycles. The smallest absolute Gasteiger partial charge is 0.357 e. The minimum absolute atomic E-state index is 0.0595. The van der Waals surface area contributed by atoms with Crippen molar-refractivity contribution in [1.82, 2.24) is 30.2 Å². The van der Waals surface area contributed by atoms with Crippen LogP contribution in [0.3, 0.4) is 0 Å². The van der Waals surface area contributed by atoms with Gasteiger partial charge in [0.15, 0.2) is 11.5 Å². The van der Waals surface area contributed by atoms with Gasteiger partial charge in [-0.05, 0) is 53.3 Å². The standard InChI is InChI=1S/C19H15FN6O2/c1-12-23-24-25-26(12)17(10-13-5-4-6-14(20)9-13)19(27)28-11-18-21-15-7-2-3-8-16(15)22-18/h2-10H,11H2,1H3,(H,21,22)/b17-10-. The minimum Gasteiger partial charge on any atom is -0.453 e. The maximum atomic E-state index is 13.5. The Morgan fingerprint density at radius 3 is 2.86 bits per heavy atom. The summed E-state index contributed by atoms with van der Waals surface area (Å²) < 4.78 is 20.1. The number of esters is 1. The lowest BCUT2D eigenvalue weighted by Gasteiger charge is -2.08. The van der Waals surface area contributed by atoms with Crippen molar-refractivity contribution in [2.24, 2.45) is 0 Å². The predicted molar refractivity (Wildman–Crippen MR) is 99.0 cm³/mol. The molecule has 1 N–H and O–H groups in total. The van der Waals surface area contributed by atoms with Crippen LogP contribution in [0.5, 0.6) is 0 Å². The molecule has 0 fully saturated rings. The van der Waals surface area contributed by atoms with Crippen molar-refractivity contribution in [3.8, 4) is 0 Å². The number of rotatable bonds is 5. The van der Waals surface area contributed by atoms with Gasteiger partial charge in [0.2, 0.25) is 0 Å². The van der Waals surface area contributed by atoms with Gasteiger partial charge in [-0.1, -0.05) is 24.3 Å². The Morgan fingerprint density at radius 2 is 2.11 bits per heavy atom. The number of imidazole rings is 1. The van der Waals surface area contributed by atoms with E-state index in [-0.39, 0.29) is 12.3 Å². The SMILES string of the molecule is Cc1nnnn1/C(=C\c1cccc(F)c1)C(=O)OCc1nc2ccccc2[nH]1. The van der Waals surface area contributed by atoms with Crippen LogP contribution >= 0.6 is 0 Å². The normalized spacial score (nSPS) is 11.7. The fraction of sp³-hybridized carbons (Fsp3) is 0.105. The van der Waals surface area contributed by atoms with Crippen LogP contribution in [0.1, 0.15) is 17.2 Å². The van der Waals surface area contributed by atoms with Crippen molar-refractivity contribution in [2.75, 3.05) is 0 Å². The van der Waals surface area contributed by atoms with Gasteiger partial charge >= 0.3 is 5.97 Å². The Hall–Kier alpha value is -3.88. The number of para-hydroxylation sites is 2. The number of hydrogen-bond donors (Lipinski definition) is 1. The number of tetrazole rings is 1. The second-order valence-corrected chi connectivity index (χ2v) is 6.00. The lowest BCUT2D eigenvalue weighted by molar-refractivity contribution is -0.138. The number of aromatic nitrogens is 6. The van der Waals surface area contributed by atoms with Gasteiger partial charge in [0.25, 0.3) is 0 Å². The Bertz CT molecular complexity index is 1150. The zero-order valence-electron chi connectivity index (χ0n) is 14.8. The summed E-state index contributed by atoms with van der Waals surface area (Å²) in [7, 11) is 0. The number of nitrogens with zero attached hydrogens (tertiary/aromatic N) is 5. The number of H-pyrrole nitrogens is 1. The van der Waals surface area contributed by atoms with E-state index in [0.29, 0.717) is 17.2 Å². The van der Waals surface area contributed by atoms with Crippen LogP contribution in [0.2, 0.25) is 0 Å². The van der Waals surface area contributed by atoms with E-state index in [4.69, 9.17) is 4.74 Å². The predicted octanol–water partition coefficient (Wildman–Crippen LogP) is 2.74. The third-order valence-electron chi connectivity index (χ3n) is 3.99. The first-order valence-corrected chi connectivity index (χ1v) is 8.43. The monoisotopic (exact) mass is 378 g/mol. The molecule has 0 radical (unpaired) electrons. The van der Waals surface area contributed by atoms with Gasteiger partial charge in [-0.25, -0.2) is 14.2 Å². The number of aryl methyl sites for hydroxylation is 1. The Morgan fingerprint density at radius 1 is 1.25 bits per heavy atom. The van der Waals surface area contributed by atoms with Crippen LogP contribution in [0.25, 0.3) is 22.8 Å². The Balaban J connectivity index is 1.60. The molecule has 2 aromatic heterocycles. The maximum Gasteiger partial charge on any atom is 0.357 e. The zero-order valence-corrected chi connectivity index (χ0v) is 14.8. The Kier molecular flexibility index (Phi) is 4.63. The average Bonchev–Trinajstić information content (AvgIpc) is 3.30. The molecule has 0 amide bonds. The molecule has 8 nitrogen and oxygen atoms in total. The summed E-state index contributed by atoms with van der Waals surface area (Å²) in [5.74, 6) is -0.186. The first-order valence-electron chi connectivity index (χ1n) is 8.43. The summed E-state index contributed by atoms with van der Waals surface area (Å²) in [6, 6.07) is 13.3. The number of carbonyl (C=O) groups excluding carboxylic acids is 1. The van der Waals surface area contributed by atoms with Crippen molar-refractivity contribution in [2.45, 2.75) is 13.5 Å². The third kappa shape index (κ3) is 3.63. The number of nitrogens with one attached hydrogen (secondary N) is 1. The second-order valence-electron chi connectivity index (χ2n) is 6.00. The molecule has 0 unspecified atom stereocenters. The first-order chi connectivity index (χ1) is 13.6. The van der Waals surface area contributed by atoms with Crippen molar-refractivity contribution in [3.63, 3.8) is 0 Å². The summed E-state index contributed by atoms with van der Waals surface area (Å²) in [6.07, 6.45) is 1.47. The van der Waals surface area contributed by atoms with E-state index in [2.05, 4.69) is 25.5 Å². The fourth-order valence-corrected chi connectivity index (χ4v) is 2.70. The van der Waals surface area contributed by atoms with Crippen LogP contribution in [0.15, 0.2) is 48.5 Å². The molecule has 0 aliphatic carbocycles. The van der Waals surface area contributed by atoms with E-state index in [1.807, 2.05) is 24.3 Å². The lowest BCUT2D eigenvalue weighted by Crippen LogP contribution is -2.15. The van der Waals surface area contributed by atoms with Crippen molar-refractivity contribution in [1.29, 1.82) is 0 Å². The van der Waals surface area contributed by atoms with Crippen LogP contribution in [0, 0.1) is 12.7 Å². The van der Waals surface area contributed by atoms with Crippen molar-refractivity contribution >= 4 is 28.8 Å². The fourth-order valence-electron chi connectivity index (χ4n) is 2.70. The molecule has 0 saturated heterocycles. The van der Waals surface area contributed by atoms with E-state index in [9.17, 15) is 9.18 Å². The summed E-state index contributed by atoms with van der Waals surface area (Å²) >= 11 is 0. The van der Waals surface area contributed by atoms with E-state index in [0.717, 1.165) is 11.0 Å². The average molecular weight is 378 g/mol. The number of benzene rings is 2. The molecule has 0 bridgehead atoms. The summed E-state index contributed by atoms with van der Waals surface area (Å²) in [6.45, 7) is 1.58. The first kappa shape index (κ1) is 17.5. The molecule has 9 heteroatoms. The highest BCUT2D eigenvalue weighted by Crippen LogP contribution is 2.16. The number of halogens is 1. The molecule has 2 heterocycles. The van der Waals surface area contributed by atoms with Gasteiger partial charge in [0, 0.05) is 0 Å². The van der Waals surface area contributed by atoms with Crippen LogP contribution < -0.4 is 0 Å². The van der Waals surface area contributed by atoms with Gasteiger partial charge in [-0.15, -0.1) is 5.10 Å². The number of fused-ring (bicyclic) bond motifs is 1. The maximum absolute atomic E-state index is 13.5. The molecule has 140 valence electrons. The molecule has 0 aliphatic heterocycles. The van der Waals surface area contributed by atoms with Crippen LogP contribution in [-0.4, -0.2) is 36.1 Å². The van der Waals surface area contributed by atoms with E-state index in [1.54, 1.807) is 19.1 Å². The molecule has 0 atom stereocenters. The van der Waals surface area contributed by atoms with E-state index in [1.165, 1.54) is 22.9 Å². The molecular weight excluding hydrogens is 363 g/mol. The van der Waals surface area contributed by atoms with Gasteiger partial charge < -0.3 is 9.72 Å². The Labute approximate surface area is 158 Å². The summed E-state index contributed by atoms with van der Waals surface area (Å²) in [5, 5.41) is 11.2. The molecule has 28 heavy (non-hydrogen) atoms. The molecule has 4 rings (SSSR count). The van der Waals surface area contributed by atoms with Crippen LogP contribution in [0.4, 0.5) is 4.39 Å². The van der Waals surface area contributed by atoms with Gasteiger partial charge in [-0.2, -0.15) is 4.68 Å². The molecule has 0 aliphatic rings. The molecule has 0 saturated carbocycles. The van der Waals surface area contributed by atoms with Crippen molar-refractivity contribution in [3.05, 3.63) is 71.6 Å². The van der Waals surface area contributed by atoms with Gasteiger partial charge in [0.05, 0.1) is 11.0 Å². The molecule has 0 spiro atoms. The minimum atomic E-state index is -0.667. The highest BCUT2D eigenvalue weighted by Gasteiger charge is 2.18. The van der Waals surface area contributed by atoms with Gasteiger partial charge in [-0.3, -0.25) is 0 Å². The highest BCUT2D eigenvalue weighted by atomic mass is 19.1. The summed E-state index contributed by atoms with van der Waals surface area (Å²) in [4.78, 5) is 20.2. The molecule has 4 aromatic rings. The quantitative estimate of drug-likeness (QED) is 0.423. The van der Waals surface area contributed by atoms with E-state index < -0.39 is 11.8 Å². The largest absolute Gasteiger partial charge is 0.453 e. The van der Waals surface area contributed by atoms with Crippen LogP contribution in [-0.2, 0) is 16.1 Å². The number of carbonyl (C=O) groups is 1. The van der Waals surface area contributed by atoms with Gasteiger partial charge in [0.1, 0.15) is 18.2 Å². The number of aromatic amines is 1. The summed E-state index contributed by atoms with van der Waals surface area (Å²) in [5.41, 5.74) is 2.16. The topological polar surface area (TPSA) is 98.6 Å². The van der Waals surface area contributed by atoms with E-state index >= 15 is 0 Å². The zero-order chi connectivity index (χ0) is 19.5. The third-order valence-corrected chi connectivity index (χ3v) is 3.99. The number of hydrogen-bond acceptors (Lipinski definition) is 6. The second kappa shape index (κ2) is 7.39. The number of ether oxygens (including phenoxy) is 1. The highest BCUT2D eigenvalue weighted by molar-refractivity contribution is 6.15. The molecular formula is C19H15FN6O2.